The lowest BCUT2D eigenvalue weighted by Gasteiger charge is -2.33. The summed E-state index contributed by atoms with van der Waals surface area (Å²) >= 11 is 9.68. The van der Waals surface area contributed by atoms with E-state index in [1.165, 1.54) is 5.56 Å². The second-order valence-electron chi connectivity index (χ2n) is 7.73. The number of piperidine rings is 1. The van der Waals surface area contributed by atoms with Crippen LogP contribution in [0.25, 0.3) is 10.9 Å². The molecule has 6 heteroatoms. The number of likely N-dealkylation sites (tertiary alicyclic amines) is 1. The highest BCUT2D eigenvalue weighted by atomic mass is 79.9. The van der Waals surface area contributed by atoms with Crippen LogP contribution in [0.5, 0.6) is 0 Å². The van der Waals surface area contributed by atoms with Crippen LogP contribution in [0.3, 0.4) is 0 Å². The number of aromatic nitrogens is 1. The third-order valence-electron chi connectivity index (χ3n) is 5.76. The predicted octanol–water partition coefficient (Wildman–Crippen LogP) is 4.23. The molecule has 1 saturated heterocycles. The molecule has 1 aliphatic heterocycles. The number of carbonyl (C=O) groups is 1. The van der Waals surface area contributed by atoms with Gasteiger partial charge in [0.2, 0.25) is 0 Å². The van der Waals surface area contributed by atoms with E-state index in [9.17, 15) is 9.90 Å². The molecule has 0 aliphatic carbocycles. The lowest BCUT2D eigenvalue weighted by molar-refractivity contribution is -0.304. The van der Waals surface area contributed by atoms with Gasteiger partial charge in [-0.25, -0.2) is 0 Å². The van der Waals surface area contributed by atoms with E-state index in [2.05, 4.69) is 43.6 Å². The molecule has 3 aromatic rings. The summed E-state index contributed by atoms with van der Waals surface area (Å²) < 4.78 is 3.38. The fourth-order valence-corrected chi connectivity index (χ4v) is 5.07. The number of fused-ring (bicyclic) bond motifs is 1. The highest BCUT2D eigenvalue weighted by molar-refractivity contribution is 9.10. The Balaban J connectivity index is 1.42. The molecule has 0 radical (unpaired) electrons. The van der Waals surface area contributed by atoms with Gasteiger partial charge in [0.1, 0.15) is 0 Å². The van der Waals surface area contributed by atoms with Crippen LogP contribution in [-0.2, 0) is 17.6 Å². The van der Waals surface area contributed by atoms with Gasteiger partial charge < -0.3 is 19.4 Å². The molecule has 4 nitrogen and oxygen atoms in total. The first-order chi connectivity index (χ1) is 14.0. The van der Waals surface area contributed by atoms with Gasteiger partial charge in [0.15, 0.2) is 0 Å². The highest BCUT2D eigenvalue weighted by Crippen LogP contribution is 2.33. The number of hydrogen-bond acceptors (Lipinski definition) is 3. The average molecular weight is 475 g/mol. The quantitative estimate of drug-likeness (QED) is 0.537. The Labute approximate surface area is 184 Å². The molecule has 0 atom stereocenters. The van der Waals surface area contributed by atoms with Gasteiger partial charge in [0.25, 0.3) is 0 Å². The van der Waals surface area contributed by atoms with Crippen LogP contribution in [0.15, 0.2) is 53.1 Å². The molecular weight excluding hydrogens is 452 g/mol. The smallest absolute Gasteiger partial charge is 0.0860 e. The Morgan fingerprint density at radius 1 is 1.07 bits per heavy atom. The van der Waals surface area contributed by atoms with Gasteiger partial charge in [-0.3, -0.25) is 0 Å². The summed E-state index contributed by atoms with van der Waals surface area (Å²) in [6.45, 7) is 3.17. The number of carboxylic acids is 1. The lowest BCUT2D eigenvalue weighted by atomic mass is 10.0. The first kappa shape index (κ1) is 20.5. The van der Waals surface area contributed by atoms with E-state index in [0.717, 1.165) is 65.0 Å². The van der Waals surface area contributed by atoms with E-state index in [4.69, 9.17) is 11.6 Å². The minimum absolute atomic E-state index is 0.0537. The van der Waals surface area contributed by atoms with E-state index >= 15 is 0 Å². The van der Waals surface area contributed by atoms with Gasteiger partial charge in [-0.1, -0.05) is 35.9 Å². The first-order valence-corrected chi connectivity index (χ1v) is 11.1. The van der Waals surface area contributed by atoms with Gasteiger partial charge in [-0.2, -0.15) is 0 Å². The second-order valence-corrected chi connectivity index (χ2v) is 8.98. The van der Waals surface area contributed by atoms with Crippen molar-refractivity contribution in [2.75, 3.05) is 19.6 Å². The van der Waals surface area contributed by atoms with Crippen LogP contribution in [0.4, 0.5) is 0 Å². The van der Waals surface area contributed by atoms with Crippen LogP contribution < -0.4 is 5.11 Å². The van der Waals surface area contributed by atoms with Gasteiger partial charge in [-0.05, 0) is 70.6 Å². The maximum absolute atomic E-state index is 11.0. The molecule has 2 aromatic carbocycles. The van der Waals surface area contributed by atoms with Crippen molar-refractivity contribution in [2.24, 2.45) is 0 Å². The van der Waals surface area contributed by atoms with Crippen molar-refractivity contribution in [3.05, 3.63) is 69.3 Å². The summed E-state index contributed by atoms with van der Waals surface area (Å²) in [6.07, 6.45) is 3.13. The van der Waals surface area contributed by atoms with E-state index in [1.54, 1.807) is 0 Å². The molecule has 0 bridgehead atoms. The SMILES string of the molecule is O=C([O-])Cc1ccc2cc(Br)n(C3CCN(CCc4ccc(Cl)cc4)CC3)c2c1. The van der Waals surface area contributed by atoms with Crippen LogP contribution in [0, 0.1) is 0 Å². The topological polar surface area (TPSA) is 48.3 Å². The molecule has 0 amide bonds. The number of aliphatic carboxylic acids is 1. The Morgan fingerprint density at radius 3 is 2.45 bits per heavy atom. The molecule has 0 unspecified atom stereocenters. The molecule has 0 N–H and O–H groups in total. The fraction of sp³-hybridized carbons (Fsp3) is 0.348. The Morgan fingerprint density at radius 2 is 1.76 bits per heavy atom. The molecule has 4 rings (SSSR count). The number of rotatable bonds is 6. The molecular formula is C23H23BrClN2O2-. The minimum atomic E-state index is -1.05. The number of hydrogen-bond donors (Lipinski definition) is 0. The number of nitrogens with zero attached hydrogens (tertiary/aromatic N) is 2. The van der Waals surface area contributed by atoms with E-state index in [-0.39, 0.29) is 6.42 Å². The van der Waals surface area contributed by atoms with Crippen LogP contribution >= 0.6 is 27.5 Å². The molecule has 29 heavy (non-hydrogen) atoms. The summed E-state index contributed by atoms with van der Waals surface area (Å²) in [4.78, 5) is 13.5. The highest BCUT2D eigenvalue weighted by Gasteiger charge is 2.23. The van der Waals surface area contributed by atoms with Crippen molar-refractivity contribution in [1.82, 2.24) is 9.47 Å². The second kappa shape index (κ2) is 8.90. The molecule has 1 aromatic heterocycles. The number of carbonyl (C=O) groups excluding carboxylic acids is 1. The number of carboxylic acid groups (broad SMARTS) is 1. The van der Waals surface area contributed by atoms with Crippen molar-refractivity contribution in [3.8, 4) is 0 Å². The van der Waals surface area contributed by atoms with E-state index < -0.39 is 5.97 Å². The zero-order chi connectivity index (χ0) is 20.4. The predicted molar refractivity (Wildman–Crippen MR) is 118 cm³/mol. The summed E-state index contributed by atoms with van der Waals surface area (Å²) in [6, 6.07) is 16.5. The normalized spacial score (nSPS) is 15.8. The maximum Gasteiger partial charge on any atom is 0.0860 e. The summed E-state index contributed by atoms with van der Waals surface area (Å²) in [7, 11) is 0. The standard InChI is InChI=1S/C23H24BrClN2O2/c24-22-15-18-4-1-17(14-23(28)29)13-21(18)27(22)20-8-11-26(12-9-20)10-7-16-2-5-19(25)6-3-16/h1-6,13,15,20H,7-12,14H2,(H,28,29)/p-1. The molecule has 1 aliphatic rings. The zero-order valence-corrected chi connectivity index (χ0v) is 18.5. The zero-order valence-electron chi connectivity index (χ0n) is 16.1. The Kier molecular flexibility index (Phi) is 6.28. The third-order valence-corrected chi connectivity index (χ3v) is 6.62. The van der Waals surface area contributed by atoms with Crippen molar-refractivity contribution >= 4 is 44.4 Å². The van der Waals surface area contributed by atoms with Crippen molar-refractivity contribution in [3.63, 3.8) is 0 Å². The van der Waals surface area contributed by atoms with Gasteiger partial charge >= 0.3 is 0 Å². The van der Waals surface area contributed by atoms with Gasteiger partial charge in [0, 0.05) is 54.0 Å². The van der Waals surface area contributed by atoms with E-state index in [1.807, 2.05) is 30.3 Å². The van der Waals surface area contributed by atoms with Crippen LogP contribution in [0.2, 0.25) is 5.02 Å². The van der Waals surface area contributed by atoms with Crippen molar-refractivity contribution in [2.45, 2.75) is 31.7 Å². The number of benzene rings is 2. The van der Waals surface area contributed by atoms with Crippen LogP contribution in [0.1, 0.15) is 30.0 Å². The fourth-order valence-electron chi connectivity index (χ4n) is 4.22. The van der Waals surface area contributed by atoms with Crippen molar-refractivity contribution < 1.29 is 9.90 Å². The lowest BCUT2D eigenvalue weighted by Crippen LogP contribution is -2.36. The third kappa shape index (κ3) is 4.85. The molecule has 2 heterocycles. The van der Waals surface area contributed by atoms with E-state index in [0.29, 0.717) is 6.04 Å². The minimum Gasteiger partial charge on any atom is -0.550 e. The van der Waals surface area contributed by atoms with Gasteiger partial charge in [-0.15, -0.1) is 0 Å². The van der Waals surface area contributed by atoms with Gasteiger partial charge in [0.05, 0.1) is 4.60 Å². The molecule has 0 spiro atoms. The largest absolute Gasteiger partial charge is 0.550 e. The molecule has 152 valence electrons. The summed E-state index contributed by atoms with van der Waals surface area (Å²) in [5.74, 6) is -1.05. The average Bonchev–Trinajstić information content (AvgIpc) is 3.02. The van der Waals surface area contributed by atoms with Crippen LogP contribution in [-0.4, -0.2) is 35.1 Å². The molecule has 1 fully saturated rings. The first-order valence-electron chi connectivity index (χ1n) is 9.95. The summed E-state index contributed by atoms with van der Waals surface area (Å²) in [5, 5.41) is 12.9. The monoisotopic (exact) mass is 473 g/mol. The molecule has 0 saturated carbocycles. The Hall–Kier alpha value is -1.82. The number of halogens is 2. The summed E-state index contributed by atoms with van der Waals surface area (Å²) in [5.41, 5.74) is 3.19. The maximum atomic E-state index is 11.0. The Bertz CT molecular complexity index is 1010. The van der Waals surface area contributed by atoms with Crippen molar-refractivity contribution in [1.29, 1.82) is 0 Å².